The first-order valence-corrected chi connectivity index (χ1v) is 7.33. The van der Waals surface area contributed by atoms with Crippen molar-refractivity contribution in [1.29, 1.82) is 0 Å². The number of nitrogens with one attached hydrogen (secondary N) is 1. The predicted molar refractivity (Wildman–Crippen MR) is 81.3 cm³/mol. The Morgan fingerprint density at radius 3 is 2.58 bits per heavy atom. The Bertz CT molecular complexity index is 381. The second-order valence-electron chi connectivity index (χ2n) is 4.74. The van der Waals surface area contributed by atoms with Crippen molar-refractivity contribution in [3.63, 3.8) is 0 Å². The molecule has 19 heavy (non-hydrogen) atoms. The molecule has 0 aliphatic carbocycles. The highest BCUT2D eigenvalue weighted by molar-refractivity contribution is 9.10. The zero-order valence-corrected chi connectivity index (χ0v) is 12.9. The summed E-state index contributed by atoms with van der Waals surface area (Å²) in [7, 11) is 2.12. The van der Waals surface area contributed by atoms with Crippen LogP contribution >= 0.6 is 15.9 Å². The van der Waals surface area contributed by atoms with E-state index in [1.165, 1.54) is 5.56 Å². The van der Waals surface area contributed by atoms with Gasteiger partial charge in [0, 0.05) is 17.4 Å². The molecule has 3 N–H and O–H groups in total. The molecule has 0 radical (unpaired) electrons. The van der Waals surface area contributed by atoms with Gasteiger partial charge < -0.3 is 4.90 Å². The van der Waals surface area contributed by atoms with Crippen LogP contribution in [0.25, 0.3) is 0 Å². The van der Waals surface area contributed by atoms with E-state index < -0.39 is 0 Å². The third-order valence-corrected chi connectivity index (χ3v) is 3.50. The van der Waals surface area contributed by atoms with E-state index in [0.717, 1.165) is 36.8 Å². The lowest BCUT2D eigenvalue weighted by molar-refractivity contribution is -0.121. The van der Waals surface area contributed by atoms with Gasteiger partial charge in [-0.05, 0) is 44.1 Å². The van der Waals surface area contributed by atoms with Gasteiger partial charge in [-0.3, -0.25) is 10.2 Å². The van der Waals surface area contributed by atoms with Gasteiger partial charge in [-0.25, -0.2) is 5.84 Å². The van der Waals surface area contributed by atoms with E-state index in [2.05, 4.69) is 57.6 Å². The first-order valence-electron chi connectivity index (χ1n) is 6.54. The van der Waals surface area contributed by atoms with Crippen molar-refractivity contribution in [3.8, 4) is 0 Å². The fraction of sp³-hybridized carbons (Fsp3) is 0.500. The maximum absolute atomic E-state index is 10.9. The zero-order valence-electron chi connectivity index (χ0n) is 11.4. The Morgan fingerprint density at radius 1 is 1.26 bits per heavy atom. The third kappa shape index (κ3) is 7.30. The van der Waals surface area contributed by atoms with Crippen molar-refractivity contribution >= 4 is 21.8 Å². The number of nitrogens with two attached hydrogens (primary N) is 1. The first kappa shape index (κ1) is 16.1. The molecule has 0 saturated carbocycles. The van der Waals surface area contributed by atoms with Gasteiger partial charge in [-0.2, -0.15) is 0 Å². The summed E-state index contributed by atoms with van der Waals surface area (Å²) in [6, 6.07) is 8.39. The fourth-order valence-electron chi connectivity index (χ4n) is 1.90. The number of unbranched alkanes of at least 4 members (excludes halogenated alkanes) is 2. The molecule has 0 saturated heterocycles. The second kappa shape index (κ2) is 9.07. The number of amides is 1. The highest BCUT2D eigenvalue weighted by Crippen LogP contribution is 2.12. The molecule has 0 aliphatic rings. The summed E-state index contributed by atoms with van der Waals surface area (Å²) in [5, 5.41) is 0. The molecule has 0 atom stereocenters. The van der Waals surface area contributed by atoms with Gasteiger partial charge in [-0.1, -0.05) is 34.5 Å². The highest BCUT2D eigenvalue weighted by Gasteiger charge is 2.01. The number of rotatable bonds is 8. The molecule has 0 fully saturated rings. The standard InChI is InChI=1S/C14H22BrN3O/c1-18(10-4-2-3-5-14(19)17-16)11-12-6-8-13(15)9-7-12/h6-9H,2-5,10-11,16H2,1H3,(H,17,19). The number of benzene rings is 1. The normalized spacial score (nSPS) is 10.7. The maximum Gasteiger partial charge on any atom is 0.233 e. The molecule has 1 amide bonds. The molecule has 1 aromatic carbocycles. The molecule has 106 valence electrons. The number of halogens is 1. The second-order valence-corrected chi connectivity index (χ2v) is 5.66. The first-order chi connectivity index (χ1) is 9.11. The van der Waals surface area contributed by atoms with E-state index in [1.54, 1.807) is 0 Å². The van der Waals surface area contributed by atoms with Gasteiger partial charge in [0.25, 0.3) is 0 Å². The number of hydrazine groups is 1. The minimum absolute atomic E-state index is 0.0804. The average molecular weight is 328 g/mol. The maximum atomic E-state index is 10.9. The molecule has 1 rings (SSSR count). The van der Waals surface area contributed by atoms with Gasteiger partial charge in [0.05, 0.1) is 0 Å². The monoisotopic (exact) mass is 327 g/mol. The van der Waals surface area contributed by atoms with E-state index in [4.69, 9.17) is 5.84 Å². The van der Waals surface area contributed by atoms with Crippen molar-refractivity contribution in [2.24, 2.45) is 5.84 Å². The summed E-state index contributed by atoms with van der Waals surface area (Å²) < 4.78 is 1.11. The molecule has 0 bridgehead atoms. The summed E-state index contributed by atoms with van der Waals surface area (Å²) in [6.45, 7) is 2.00. The number of carbonyl (C=O) groups excluding carboxylic acids is 1. The lowest BCUT2D eigenvalue weighted by atomic mass is 10.1. The summed E-state index contributed by atoms with van der Waals surface area (Å²) >= 11 is 3.43. The Labute approximate surface area is 123 Å². The molecular formula is C14H22BrN3O. The number of carbonyl (C=O) groups is 1. The van der Waals surface area contributed by atoms with Crippen LogP contribution in [0.5, 0.6) is 0 Å². The van der Waals surface area contributed by atoms with Crippen molar-refractivity contribution in [3.05, 3.63) is 34.3 Å². The summed E-state index contributed by atoms with van der Waals surface area (Å²) in [5.74, 6) is 4.94. The van der Waals surface area contributed by atoms with Gasteiger partial charge >= 0.3 is 0 Å². The predicted octanol–water partition coefficient (Wildman–Crippen LogP) is 2.43. The van der Waals surface area contributed by atoms with Crippen LogP contribution in [0.1, 0.15) is 31.2 Å². The van der Waals surface area contributed by atoms with Crippen molar-refractivity contribution in [2.45, 2.75) is 32.2 Å². The van der Waals surface area contributed by atoms with Crippen LogP contribution in [0.4, 0.5) is 0 Å². The van der Waals surface area contributed by atoms with Crippen LogP contribution in [0, 0.1) is 0 Å². The average Bonchev–Trinajstić information content (AvgIpc) is 2.40. The molecule has 0 aliphatic heterocycles. The van der Waals surface area contributed by atoms with Crippen LogP contribution in [0.3, 0.4) is 0 Å². The van der Waals surface area contributed by atoms with Crippen LogP contribution in [0.15, 0.2) is 28.7 Å². The van der Waals surface area contributed by atoms with Crippen LogP contribution in [0.2, 0.25) is 0 Å². The minimum atomic E-state index is -0.0804. The zero-order chi connectivity index (χ0) is 14.1. The van der Waals surface area contributed by atoms with Crippen molar-refractivity contribution in [1.82, 2.24) is 10.3 Å². The Balaban J connectivity index is 2.12. The van der Waals surface area contributed by atoms with E-state index >= 15 is 0 Å². The minimum Gasteiger partial charge on any atom is -0.302 e. The summed E-state index contributed by atoms with van der Waals surface area (Å²) in [5.41, 5.74) is 3.46. The van der Waals surface area contributed by atoms with Gasteiger partial charge in [0.2, 0.25) is 5.91 Å². The van der Waals surface area contributed by atoms with Crippen LogP contribution < -0.4 is 11.3 Å². The van der Waals surface area contributed by atoms with E-state index in [9.17, 15) is 4.79 Å². The summed E-state index contributed by atoms with van der Waals surface area (Å²) in [6.07, 6.45) is 3.57. The summed E-state index contributed by atoms with van der Waals surface area (Å²) in [4.78, 5) is 13.2. The molecule has 0 aromatic heterocycles. The smallest absolute Gasteiger partial charge is 0.233 e. The van der Waals surface area contributed by atoms with Crippen molar-refractivity contribution in [2.75, 3.05) is 13.6 Å². The molecule has 4 nitrogen and oxygen atoms in total. The topological polar surface area (TPSA) is 58.4 Å². The lowest BCUT2D eigenvalue weighted by Gasteiger charge is -2.16. The van der Waals surface area contributed by atoms with E-state index in [1.807, 2.05) is 0 Å². The molecular weight excluding hydrogens is 306 g/mol. The van der Waals surface area contributed by atoms with E-state index in [-0.39, 0.29) is 5.91 Å². The van der Waals surface area contributed by atoms with Crippen LogP contribution in [-0.2, 0) is 11.3 Å². The number of hydrogen-bond donors (Lipinski definition) is 2. The fourth-order valence-corrected chi connectivity index (χ4v) is 2.16. The van der Waals surface area contributed by atoms with E-state index in [0.29, 0.717) is 6.42 Å². The Morgan fingerprint density at radius 2 is 1.95 bits per heavy atom. The molecule has 5 heteroatoms. The quantitative estimate of drug-likeness (QED) is 0.333. The van der Waals surface area contributed by atoms with Gasteiger partial charge in [-0.15, -0.1) is 0 Å². The molecule has 0 spiro atoms. The number of hydrogen-bond acceptors (Lipinski definition) is 3. The SMILES string of the molecule is CN(CCCCCC(=O)NN)Cc1ccc(Br)cc1. The van der Waals surface area contributed by atoms with Gasteiger partial charge in [0.1, 0.15) is 0 Å². The van der Waals surface area contributed by atoms with Crippen LogP contribution in [-0.4, -0.2) is 24.4 Å². The van der Waals surface area contributed by atoms with Gasteiger partial charge in [0.15, 0.2) is 0 Å². The number of nitrogens with zero attached hydrogens (tertiary/aromatic N) is 1. The largest absolute Gasteiger partial charge is 0.302 e. The molecule has 1 aromatic rings. The molecule has 0 heterocycles. The Kier molecular flexibility index (Phi) is 7.70. The molecule has 0 unspecified atom stereocenters. The lowest BCUT2D eigenvalue weighted by Crippen LogP contribution is -2.29. The Hall–Kier alpha value is -0.910. The third-order valence-electron chi connectivity index (χ3n) is 2.97. The van der Waals surface area contributed by atoms with Crippen molar-refractivity contribution < 1.29 is 4.79 Å². The highest BCUT2D eigenvalue weighted by atomic mass is 79.9.